The van der Waals surface area contributed by atoms with Crippen LogP contribution in [0.4, 0.5) is 0 Å². The third kappa shape index (κ3) is 7.87. The van der Waals surface area contributed by atoms with Crippen molar-refractivity contribution in [3.05, 3.63) is 34.9 Å². The van der Waals surface area contributed by atoms with Crippen LogP contribution in [-0.4, -0.2) is 32.7 Å². The van der Waals surface area contributed by atoms with Crippen molar-refractivity contribution in [2.45, 2.75) is 26.4 Å². The molecule has 0 bridgehead atoms. The highest BCUT2D eigenvalue weighted by molar-refractivity contribution is 14.0. The second-order valence-corrected chi connectivity index (χ2v) is 4.86. The van der Waals surface area contributed by atoms with Crippen LogP contribution in [0.5, 0.6) is 0 Å². The van der Waals surface area contributed by atoms with Gasteiger partial charge in [-0.2, -0.15) is 0 Å². The number of rotatable bonds is 7. The molecule has 0 aromatic heterocycles. The molecule has 0 saturated carbocycles. The lowest BCUT2D eigenvalue weighted by Crippen LogP contribution is -2.38. The number of hydrogen-bond donors (Lipinski definition) is 2. The molecule has 1 rings (SSSR count). The minimum absolute atomic E-state index is 0. The van der Waals surface area contributed by atoms with E-state index in [1.807, 2.05) is 31.2 Å². The zero-order valence-electron chi connectivity index (χ0n) is 12.9. The molecule has 0 aliphatic carbocycles. The summed E-state index contributed by atoms with van der Waals surface area (Å²) in [7, 11) is 1.69. The average Bonchev–Trinajstić information content (AvgIpc) is 2.45. The van der Waals surface area contributed by atoms with E-state index in [-0.39, 0.29) is 30.1 Å². The minimum Gasteiger partial charge on any atom is -0.375 e. The van der Waals surface area contributed by atoms with Gasteiger partial charge in [-0.15, -0.1) is 24.0 Å². The normalized spacial score (nSPS) is 12.5. The number of halogens is 2. The predicted molar refractivity (Wildman–Crippen MR) is 101 cm³/mol. The lowest BCUT2D eigenvalue weighted by Gasteiger charge is -2.16. The van der Waals surface area contributed by atoms with Gasteiger partial charge in [-0.25, -0.2) is 0 Å². The van der Waals surface area contributed by atoms with Gasteiger partial charge in [-0.3, -0.25) is 4.99 Å². The van der Waals surface area contributed by atoms with E-state index in [4.69, 9.17) is 16.3 Å². The zero-order valence-corrected chi connectivity index (χ0v) is 15.9. The SMILES string of the molecule is CCCNC(=NCC(OC)c1cccc(Cl)c1)NCC.I. The molecule has 0 amide bonds. The monoisotopic (exact) mass is 425 g/mol. The van der Waals surface area contributed by atoms with Gasteiger partial charge < -0.3 is 15.4 Å². The summed E-state index contributed by atoms with van der Waals surface area (Å²) in [5.74, 6) is 0.818. The molecule has 21 heavy (non-hydrogen) atoms. The van der Waals surface area contributed by atoms with Crippen molar-refractivity contribution in [2.24, 2.45) is 4.99 Å². The first-order chi connectivity index (χ1) is 9.71. The van der Waals surface area contributed by atoms with Crippen LogP contribution in [0.1, 0.15) is 31.9 Å². The highest BCUT2D eigenvalue weighted by Gasteiger charge is 2.10. The molecule has 1 aromatic rings. The van der Waals surface area contributed by atoms with Gasteiger partial charge in [0, 0.05) is 25.2 Å². The number of benzene rings is 1. The molecular formula is C15H25ClIN3O. The largest absolute Gasteiger partial charge is 0.375 e. The molecule has 0 fully saturated rings. The Labute approximate surface area is 149 Å². The number of hydrogen-bond acceptors (Lipinski definition) is 2. The number of methoxy groups -OCH3 is 1. The molecule has 0 aliphatic heterocycles. The Morgan fingerprint density at radius 2 is 2.10 bits per heavy atom. The highest BCUT2D eigenvalue weighted by atomic mass is 127. The average molecular weight is 426 g/mol. The van der Waals surface area contributed by atoms with Crippen molar-refractivity contribution >= 4 is 41.5 Å². The summed E-state index contributed by atoms with van der Waals surface area (Å²) in [6, 6.07) is 7.70. The summed E-state index contributed by atoms with van der Waals surface area (Å²) < 4.78 is 5.50. The Balaban J connectivity index is 0.00000400. The van der Waals surface area contributed by atoms with Crippen molar-refractivity contribution < 1.29 is 4.74 Å². The summed E-state index contributed by atoms with van der Waals surface area (Å²) in [5, 5.41) is 7.20. The third-order valence-corrected chi connectivity index (χ3v) is 3.04. The Morgan fingerprint density at radius 1 is 1.33 bits per heavy atom. The quantitative estimate of drug-likeness (QED) is 0.398. The second-order valence-electron chi connectivity index (χ2n) is 4.43. The lowest BCUT2D eigenvalue weighted by molar-refractivity contribution is 0.111. The van der Waals surface area contributed by atoms with Crippen molar-refractivity contribution in [1.82, 2.24) is 10.6 Å². The second kappa shape index (κ2) is 12.1. The maximum Gasteiger partial charge on any atom is 0.191 e. The van der Waals surface area contributed by atoms with Gasteiger partial charge in [0.1, 0.15) is 6.10 Å². The topological polar surface area (TPSA) is 45.7 Å². The van der Waals surface area contributed by atoms with Gasteiger partial charge in [0.25, 0.3) is 0 Å². The van der Waals surface area contributed by atoms with E-state index in [9.17, 15) is 0 Å². The number of nitrogens with zero attached hydrogens (tertiary/aromatic N) is 1. The van der Waals surface area contributed by atoms with Gasteiger partial charge in [-0.05, 0) is 31.0 Å². The third-order valence-electron chi connectivity index (χ3n) is 2.81. The van der Waals surface area contributed by atoms with E-state index in [2.05, 4.69) is 22.5 Å². The van der Waals surface area contributed by atoms with Crippen LogP contribution in [0, 0.1) is 0 Å². The Kier molecular flexibility index (Phi) is 11.8. The van der Waals surface area contributed by atoms with E-state index in [0.29, 0.717) is 11.6 Å². The maximum absolute atomic E-state index is 6.01. The van der Waals surface area contributed by atoms with Crippen molar-refractivity contribution in [2.75, 3.05) is 26.7 Å². The first-order valence-corrected chi connectivity index (χ1v) is 7.39. The van der Waals surface area contributed by atoms with Gasteiger partial charge >= 0.3 is 0 Å². The summed E-state index contributed by atoms with van der Waals surface area (Å²) in [6.45, 7) is 6.47. The summed E-state index contributed by atoms with van der Waals surface area (Å²) in [5.41, 5.74) is 1.04. The molecule has 4 nitrogen and oxygen atoms in total. The number of ether oxygens (including phenoxy) is 1. The van der Waals surface area contributed by atoms with Gasteiger partial charge in [0.15, 0.2) is 5.96 Å². The van der Waals surface area contributed by atoms with Crippen LogP contribution in [0.25, 0.3) is 0 Å². The lowest BCUT2D eigenvalue weighted by atomic mass is 10.1. The standard InChI is InChI=1S/C15H24ClN3O.HI/c1-4-9-18-15(17-5-2)19-11-14(20-3)12-7-6-8-13(16)10-12;/h6-8,10,14H,4-5,9,11H2,1-3H3,(H2,17,18,19);1H. The molecule has 0 saturated heterocycles. The van der Waals surface area contributed by atoms with Gasteiger partial charge in [0.05, 0.1) is 6.54 Å². The van der Waals surface area contributed by atoms with Crippen LogP contribution in [0.15, 0.2) is 29.3 Å². The van der Waals surface area contributed by atoms with Crippen LogP contribution in [-0.2, 0) is 4.74 Å². The first-order valence-electron chi connectivity index (χ1n) is 7.01. The van der Waals surface area contributed by atoms with E-state index >= 15 is 0 Å². The van der Waals surface area contributed by atoms with Crippen LogP contribution in [0.2, 0.25) is 5.02 Å². The predicted octanol–water partition coefficient (Wildman–Crippen LogP) is 3.61. The molecular weight excluding hydrogens is 401 g/mol. The fraction of sp³-hybridized carbons (Fsp3) is 0.533. The molecule has 0 radical (unpaired) electrons. The van der Waals surface area contributed by atoms with Gasteiger partial charge in [0.2, 0.25) is 0 Å². The van der Waals surface area contributed by atoms with E-state index < -0.39 is 0 Å². The first kappa shape index (κ1) is 20.5. The molecule has 2 N–H and O–H groups in total. The van der Waals surface area contributed by atoms with E-state index in [0.717, 1.165) is 31.0 Å². The van der Waals surface area contributed by atoms with Crippen LogP contribution in [0.3, 0.4) is 0 Å². The van der Waals surface area contributed by atoms with Crippen molar-refractivity contribution in [3.8, 4) is 0 Å². The van der Waals surface area contributed by atoms with Crippen molar-refractivity contribution in [3.63, 3.8) is 0 Å². The van der Waals surface area contributed by atoms with Crippen LogP contribution >= 0.6 is 35.6 Å². The molecule has 1 aromatic carbocycles. The smallest absolute Gasteiger partial charge is 0.191 e. The number of nitrogens with one attached hydrogen (secondary N) is 2. The number of guanidine groups is 1. The summed E-state index contributed by atoms with van der Waals surface area (Å²) in [6.07, 6.45) is 0.970. The van der Waals surface area contributed by atoms with E-state index in [1.165, 1.54) is 0 Å². The molecule has 1 unspecified atom stereocenters. The molecule has 120 valence electrons. The summed E-state index contributed by atoms with van der Waals surface area (Å²) >= 11 is 6.01. The van der Waals surface area contributed by atoms with E-state index in [1.54, 1.807) is 7.11 Å². The minimum atomic E-state index is -0.0919. The molecule has 0 heterocycles. The molecule has 0 aliphatic rings. The van der Waals surface area contributed by atoms with Crippen molar-refractivity contribution in [1.29, 1.82) is 0 Å². The molecule has 0 spiro atoms. The Hall–Kier alpha value is -0.530. The van der Waals surface area contributed by atoms with Crippen LogP contribution < -0.4 is 10.6 Å². The number of aliphatic imine (C=N–C) groups is 1. The molecule has 1 atom stereocenters. The van der Waals surface area contributed by atoms with Gasteiger partial charge in [-0.1, -0.05) is 30.7 Å². The Morgan fingerprint density at radius 3 is 2.67 bits per heavy atom. The zero-order chi connectivity index (χ0) is 14.8. The summed E-state index contributed by atoms with van der Waals surface area (Å²) in [4.78, 5) is 4.55. The highest BCUT2D eigenvalue weighted by Crippen LogP contribution is 2.20. The fourth-order valence-corrected chi connectivity index (χ4v) is 1.98. The maximum atomic E-state index is 6.01. The molecule has 6 heteroatoms. The Bertz CT molecular complexity index is 429. The fourth-order valence-electron chi connectivity index (χ4n) is 1.78.